The lowest BCUT2D eigenvalue weighted by molar-refractivity contribution is -0.383. The summed E-state index contributed by atoms with van der Waals surface area (Å²) in [5.41, 5.74) is 0.00394. The summed E-state index contributed by atoms with van der Waals surface area (Å²) in [5, 5.41) is 20.5. The van der Waals surface area contributed by atoms with Crippen LogP contribution in [0.5, 0.6) is 0 Å². The molecule has 0 bridgehead atoms. The first-order valence-electron chi connectivity index (χ1n) is 6.79. The SMILES string of the molecule is O=[N+]([O-])c1ccc(Sc2nnc(-c3ccco3)o2)c2ccncc12. The van der Waals surface area contributed by atoms with Gasteiger partial charge in [0.05, 0.1) is 16.6 Å². The summed E-state index contributed by atoms with van der Waals surface area (Å²) in [5.74, 6) is 0.752. The third-order valence-electron chi connectivity index (χ3n) is 3.29. The van der Waals surface area contributed by atoms with Crippen LogP contribution < -0.4 is 0 Å². The number of hydrogen-bond acceptors (Lipinski definition) is 8. The zero-order valence-corrected chi connectivity index (χ0v) is 12.8. The van der Waals surface area contributed by atoms with Gasteiger partial charge in [-0.15, -0.1) is 10.2 Å². The molecule has 0 aliphatic heterocycles. The Hall–Kier alpha value is -3.20. The number of nitro benzene ring substituents is 1. The van der Waals surface area contributed by atoms with Gasteiger partial charge in [-0.3, -0.25) is 15.1 Å². The molecule has 0 fully saturated rings. The fraction of sp³-hybridized carbons (Fsp3) is 0. The number of fused-ring (bicyclic) bond motifs is 1. The zero-order valence-electron chi connectivity index (χ0n) is 11.9. The molecule has 4 aromatic rings. The predicted octanol–water partition coefficient (Wildman–Crippen LogP) is 3.94. The highest BCUT2D eigenvalue weighted by atomic mass is 32.2. The Morgan fingerprint density at radius 2 is 2.04 bits per heavy atom. The van der Waals surface area contributed by atoms with Crippen LogP contribution in [0, 0.1) is 10.1 Å². The van der Waals surface area contributed by atoms with Crippen LogP contribution in [-0.2, 0) is 0 Å². The van der Waals surface area contributed by atoms with Crippen LogP contribution in [0.2, 0.25) is 0 Å². The van der Waals surface area contributed by atoms with Crippen molar-refractivity contribution in [2.45, 2.75) is 10.1 Å². The standard InChI is InChI=1S/C15H8N4O4S/c20-19(21)11-3-4-13(9-5-6-16-8-10(9)11)24-15-18-17-14(23-15)12-2-1-7-22-12/h1-8H. The Bertz CT molecular complexity index is 1030. The second-order valence-corrected chi connectivity index (χ2v) is 5.71. The van der Waals surface area contributed by atoms with E-state index in [9.17, 15) is 10.1 Å². The van der Waals surface area contributed by atoms with Crippen molar-refractivity contribution >= 4 is 28.2 Å². The summed E-state index contributed by atoms with van der Waals surface area (Å²) in [6.45, 7) is 0. The van der Waals surface area contributed by atoms with E-state index in [1.165, 1.54) is 30.3 Å². The zero-order chi connectivity index (χ0) is 16.5. The highest BCUT2D eigenvalue weighted by Crippen LogP contribution is 2.37. The van der Waals surface area contributed by atoms with Crippen LogP contribution in [0.3, 0.4) is 0 Å². The molecule has 0 aliphatic rings. The van der Waals surface area contributed by atoms with Gasteiger partial charge in [-0.1, -0.05) is 0 Å². The molecule has 24 heavy (non-hydrogen) atoms. The summed E-state index contributed by atoms with van der Waals surface area (Å²) in [4.78, 5) is 15.4. The molecule has 4 rings (SSSR count). The minimum Gasteiger partial charge on any atom is -0.459 e. The quantitative estimate of drug-likeness (QED) is 0.406. The third-order valence-corrected chi connectivity index (χ3v) is 4.20. The van der Waals surface area contributed by atoms with Crippen molar-refractivity contribution in [2.75, 3.05) is 0 Å². The normalized spacial score (nSPS) is 11.0. The minimum absolute atomic E-state index is 0.00394. The first kappa shape index (κ1) is 14.4. The third kappa shape index (κ3) is 2.50. The molecule has 0 radical (unpaired) electrons. The van der Waals surface area contributed by atoms with Crippen LogP contribution in [0.1, 0.15) is 0 Å². The Balaban J connectivity index is 1.73. The van der Waals surface area contributed by atoms with Crippen molar-refractivity contribution < 1.29 is 13.8 Å². The van der Waals surface area contributed by atoms with Crippen LogP contribution in [0.4, 0.5) is 5.69 Å². The van der Waals surface area contributed by atoms with E-state index in [0.717, 1.165) is 4.90 Å². The van der Waals surface area contributed by atoms with Gasteiger partial charge in [0.15, 0.2) is 5.76 Å². The molecule has 1 aromatic carbocycles. The van der Waals surface area contributed by atoms with Crippen LogP contribution >= 0.6 is 11.8 Å². The van der Waals surface area contributed by atoms with E-state index in [1.807, 2.05) is 0 Å². The van der Waals surface area contributed by atoms with Gasteiger partial charge in [0.25, 0.3) is 16.8 Å². The molecule has 0 spiro atoms. The summed E-state index contributed by atoms with van der Waals surface area (Å²) < 4.78 is 10.8. The van der Waals surface area contributed by atoms with E-state index < -0.39 is 4.92 Å². The molecule has 0 aliphatic carbocycles. The molecular formula is C15H8N4O4S. The average molecular weight is 340 g/mol. The first-order chi connectivity index (χ1) is 11.7. The fourth-order valence-electron chi connectivity index (χ4n) is 2.24. The Morgan fingerprint density at radius 3 is 2.83 bits per heavy atom. The van der Waals surface area contributed by atoms with Crippen molar-refractivity contribution in [3.05, 3.63) is 59.1 Å². The van der Waals surface area contributed by atoms with Crippen molar-refractivity contribution in [3.8, 4) is 11.7 Å². The smallest absolute Gasteiger partial charge is 0.284 e. The molecule has 8 nitrogen and oxygen atoms in total. The number of aromatic nitrogens is 3. The first-order valence-corrected chi connectivity index (χ1v) is 7.60. The molecule has 3 heterocycles. The maximum Gasteiger partial charge on any atom is 0.284 e. The number of pyridine rings is 1. The number of furan rings is 1. The van der Waals surface area contributed by atoms with Gasteiger partial charge in [-0.2, -0.15) is 0 Å². The number of nitrogens with zero attached hydrogens (tertiary/aromatic N) is 4. The van der Waals surface area contributed by atoms with Crippen molar-refractivity contribution in [1.29, 1.82) is 0 Å². The highest BCUT2D eigenvalue weighted by Gasteiger charge is 2.17. The van der Waals surface area contributed by atoms with E-state index in [0.29, 0.717) is 21.8 Å². The maximum absolute atomic E-state index is 11.1. The number of hydrogen-bond donors (Lipinski definition) is 0. The maximum atomic E-state index is 11.1. The van der Waals surface area contributed by atoms with Gasteiger partial charge in [-0.25, -0.2) is 0 Å². The van der Waals surface area contributed by atoms with Gasteiger partial charge >= 0.3 is 0 Å². The average Bonchev–Trinajstić information content (AvgIpc) is 3.26. The molecule has 9 heteroatoms. The lowest BCUT2D eigenvalue weighted by atomic mass is 10.1. The largest absolute Gasteiger partial charge is 0.459 e. The lowest BCUT2D eigenvalue weighted by Crippen LogP contribution is -1.91. The molecule has 0 unspecified atom stereocenters. The molecule has 3 aromatic heterocycles. The molecule has 0 N–H and O–H groups in total. The summed E-state index contributed by atoms with van der Waals surface area (Å²) in [7, 11) is 0. The molecular weight excluding hydrogens is 332 g/mol. The van der Waals surface area contributed by atoms with Gasteiger partial charge in [0, 0.05) is 28.7 Å². The number of non-ortho nitro benzene ring substituents is 1. The predicted molar refractivity (Wildman–Crippen MR) is 84.5 cm³/mol. The molecule has 0 saturated carbocycles. The minimum atomic E-state index is -0.430. The van der Waals surface area contributed by atoms with Crippen LogP contribution in [-0.4, -0.2) is 20.1 Å². The molecule has 0 atom stereocenters. The fourth-order valence-corrected chi connectivity index (χ4v) is 3.06. The number of nitro groups is 1. The molecule has 0 saturated heterocycles. The van der Waals surface area contributed by atoms with Crippen LogP contribution in [0.25, 0.3) is 22.4 Å². The van der Waals surface area contributed by atoms with Crippen LogP contribution in [0.15, 0.2) is 67.9 Å². The number of rotatable bonds is 4. The Morgan fingerprint density at radius 1 is 1.12 bits per heavy atom. The van der Waals surface area contributed by atoms with Gasteiger partial charge in [0.1, 0.15) is 0 Å². The molecule has 0 amide bonds. The summed E-state index contributed by atoms with van der Waals surface area (Å²) >= 11 is 1.22. The van der Waals surface area contributed by atoms with Gasteiger partial charge < -0.3 is 8.83 Å². The monoisotopic (exact) mass is 340 g/mol. The van der Waals surface area contributed by atoms with Crippen molar-refractivity contribution in [3.63, 3.8) is 0 Å². The lowest BCUT2D eigenvalue weighted by Gasteiger charge is -2.04. The van der Waals surface area contributed by atoms with E-state index in [2.05, 4.69) is 15.2 Å². The van der Waals surface area contributed by atoms with E-state index in [-0.39, 0.29) is 11.6 Å². The topological polar surface area (TPSA) is 108 Å². The van der Waals surface area contributed by atoms with Gasteiger partial charge in [-0.05, 0) is 36.0 Å². The van der Waals surface area contributed by atoms with Gasteiger partial charge in [0.2, 0.25) is 0 Å². The summed E-state index contributed by atoms with van der Waals surface area (Å²) in [6.07, 6.45) is 4.57. The molecule has 118 valence electrons. The second-order valence-electron chi connectivity index (χ2n) is 4.71. The second kappa shape index (κ2) is 5.78. The Kier molecular flexibility index (Phi) is 3.47. The van der Waals surface area contributed by atoms with E-state index in [1.54, 1.807) is 30.5 Å². The van der Waals surface area contributed by atoms with E-state index in [4.69, 9.17) is 8.83 Å². The number of benzene rings is 1. The Labute approximate surface area is 138 Å². The van der Waals surface area contributed by atoms with Crippen molar-refractivity contribution in [1.82, 2.24) is 15.2 Å². The van der Waals surface area contributed by atoms with Crippen molar-refractivity contribution in [2.24, 2.45) is 0 Å². The summed E-state index contributed by atoms with van der Waals surface area (Å²) in [6, 6.07) is 8.25. The highest BCUT2D eigenvalue weighted by molar-refractivity contribution is 7.99. The van der Waals surface area contributed by atoms with E-state index >= 15 is 0 Å².